The third kappa shape index (κ3) is 5.41. The molecule has 11 heteroatoms. The Hall–Kier alpha value is -3.63. The van der Waals surface area contributed by atoms with Crippen molar-refractivity contribution in [3.05, 3.63) is 54.0 Å². The predicted octanol–water partition coefficient (Wildman–Crippen LogP) is 3.86. The molecule has 1 fully saturated rings. The van der Waals surface area contributed by atoms with Crippen molar-refractivity contribution < 1.29 is 22.8 Å². The summed E-state index contributed by atoms with van der Waals surface area (Å²) in [5.74, 6) is 0.339. The summed E-state index contributed by atoms with van der Waals surface area (Å²) in [4.78, 5) is 31.4. The molecule has 0 aliphatic heterocycles. The maximum atomic E-state index is 13.0. The van der Waals surface area contributed by atoms with Crippen molar-refractivity contribution in [2.24, 2.45) is 0 Å². The van der Waals surface area contributed by atoms with Crippen LogP contribution < -0.4 is 16.0 Å². The van der Waals surface area contributed by atoms with Crippen LogP contribution in [0.1, 0.15) is 48.7 Å². The first-order chi connectivity index (χ1) is 15.7. The highest BCUT2D eigenvalue weighted by molar-refractivity contribution is 5.96. The standard InChI is InChI=1S/C22H23F3N6O2/c1-13(32)27-18-11-14(9-10-26-18)21(33)29-16-7-5-15(6-8-16)28-19-3-2-4-20-30-17(12-31(19)20)22(23,24)25/h2-4,9-12,15-16,28H,5-8H2,1H3,(H,29,33)(H,26,27,32)/t15-,16+. The van der Waals surface area contributed by atoms with Crippen LogP contribution in [0, 0.1) is 0 Å². The molecule has 1 saturated carbocycles. The Kier molecular flexibility index (Phi) is 6.21. The molecule has 3 aromatic heterocycles. The molecule has 2 amide bonds. The summed E-state index contributed by atoms with van der Waals surface area (Å²) in [6.07, 6.45) is 0.888. The fourth-order valence-electron chi connectivity index (χ4n) is 3.95. The van der Waals surface area contributed by atoms with E-state index in [0.717, 1.165) is 31.9 Å². The molecule has 0 aromatic carbocycles. The van der Waals surface area contributed by atoms with E-state index >= 15 is 0 Å². The largest absolute Gasteiger partial charge is 0.434 e. The number of pyridine rings is 2. The molecule has 0 bridgehead atoms. The number of carbonyl (C=O) groups is 2. The van der Waals surface area contributed by atoms with Gasteiger partial charge >= 0.3 is 6.18 Å². The summed E-state index contributed by atoms with van der Waals surface area (Å²) < 4.78 is 40.4. The Morgan fingerprint density at radius 1 is 1.09 bits per heavy atom. The van der Waals surface area contributed by atoms with E-state index in [1.165, 1.54) is 29.7 Å². The van der Waals surface area contributed by atoms with Gasteiger partial charge in [-0.05, 0) is 49.9 Å². The maximum absolute atomic E-state index is 13.0. The van der Waals surface area contributed by atoms with E-state index in [9.17, 15) is 22.8 Å². The van der Waals surface area contributed by atoms with Gasteiger partial charge < -0.3 is 16.0 Å². The Labute approximate surface area is 187 Å². The topological polar surface area (TPSA) is 100 Å². The molecular weight excluding hydrogens is 437 g/mol. The van der Waals surface area contributed by atoms with E-state index in [2.05, 4.69) is 25.9 Å². The Bertz CT molecular complexity index is 1170. The number of rotatable bonds is 5. The summed E-state index contributed by atoms with van der Waals surface area (Å²) in [7, 11) is 0. The third-order valence-corrected chi connectivity index (χ3v) is 5.52. The van der Waals surface area contributed by atoms with Crippen molar-refractivity contribution >= 4 is 29.1 Å². The number of hydrogen-bond acceptors (Lipinski definition) is 5. The zero-order valence-corrected chi connectivity index (χ0v) is 17.8. The van der Waals surface area contributed by atoms with Crippen LogP contribution in [-0.2, 0) is 11.0 Å². The van der Waals surface area contributed by atoms with E-state index in [1.807, 2.05) is 0 Å². The molecule has 0 atom stereocenters. The van der Waals surface area contributed by atoms with Crippen molar-refractivity contribution in [3.8, 4) is 0 Å². The summed E-state index contributed by atoms with van der Waals surface area (Å²) in [5.41, 5.74) is -0.300. The van der Waals surface area contributed by atoms with Gasteiger partial charge in [-0.3, -0.25) is 14.0 Å². The Morgan fingerprint density at radius 2 is 1.82 bits per heavy atom. The number of halogens is 3. The van der Waals surface area contributed by atoms with Gasteiger partial charge in [0.05, 0.1) is 0 Å². The lowest BCUT2D eigenvalue weighted by Crippen LogP contribution is -2.40. The van der Waals surface area contributed by atoms with Crippen molar-refractivity contribution in [1.82, 2.24) is 19.7 Å². The number of imidazole rings is 1. The van der Waals surface area contributed by atoms with Crippen LogP contribution in [0.3, 0.4) is 0 Å². The van der Waals surface area contributed by atoms with E-state index in [1.54, 1.807) is 18.2 Å². The van der Waals surface area contributed by atoms with Gasteiger partial charge in [0.1, 0.15) is 17.3 Å². The lowest BCUT2D eigenvalue weighted by atomic mass is 9.91. The van der Waals surface area contributed by atoms with Crippen molar-refractivity contribution in [2.75, 3.05) is 10.6 Å². The number of aromatic nitrogens is 3. The van der Waals surface area contributed by atoms with Crippen LogP contribution in [0.2, 0.25) is 0 Å². The second-order valence-electron chi connectivity index (χ2n) is 8.04. The second-order valence-corrected chi connectivity index (χ2v) is 8.04. The number of carbonyl (C=O) groups excluding carboxylic acids is 2. The highest BCUT2D eigenvalue weighted by Gasteiger charge is 2.34. The molecule has 1 aliphatic carbocycles. The lowest BCUT2D eigenvalue weighted by Gasteiger charge is -2.30. The molecule has 0 spiro atoms. The van der Waals surface area contributed by atoms with Gasteiger partial charge in [0.25, 0.3) is 5.91 Å². The normalized spacial score (nSPS) is 18.7. The average Bonchev–Trinajstić information content (AvgIpc) is 3.21. The molecule has 4 rings (SSSR count). The first kappa shape index (κ1) is 22.6. The van der Waals surface area contributed by atoms with Gasteiger partial charge in [-0.2, -0.15) is 13.2 Å². The minimum Gasteiger partial charge on any atom is -0.368 e. The minimum absolute atomic E-state index is 0.0196. The zero-order chi connectivity index (χ0) is 23.6. The van der Waals surface area contributed by atoms with E-state index in [0.29, 0.717) is 17.2 Å². The molecule has 8 nitrogen and oxygen atoms in total. The monoisotopic (exact) mass is 460 g/mol. The zero-order valence-electron chi connectivity index (χ0n) is 17.8. The number of anilines is 2. The molecule has 3 aromatic rings. The number of fused-ring (bicyclic) bond motifs is 1. The fourth-order valence-corrected chi connectivity index (χ4v) is 3.95. The van der Waals surface area contributed by atoms with Crippen LogP contribution in [0.5, 0.6) is 0 Å². The van der Waals surface area contributed by atoms with E-state index in [4.69, 9.17) is 0 Å². The fraction of sp³-hybridized carbons (Fsp3) is 0.364. The van der Waals surface area contributed by atoms with Crippen LogP contribution in [0.4, 0.5) is 24.8 Å². The molecule has 3 N–H and O–H groups in total. The quantitative estimate of drug-likeness (QED) is 0.537. The van der Waals surface area contributed by atoms with Crippen LogP contribution >= 0.6 is 0 Å². The molecule has 174 valence electrons. The van der Waals surface area contributed by atoms with Crippen molar-refractivity contribution in [1.29, 1.82) is 0 Å². The van der Waals surface area contributed by atoms with Gasteiger partial charge in [0, 0.05) is 37.0 Å². The smallest absolute Gasteiger partial charge is 0.368 e. The Morgan fingerprint density at radius 3 is 2.52 bits per heavy atom. The molecule has 0 radical (unpaired) electrons. The van der Waals surface area contributed by atoms with E-state index < -0.39 is 11.9 Å². The molecule has 3 heterocycles. The first-order valence-electron chi connectivity index (χ1n) is 10.6. The summed E-state index contributed by atoms with van der Waals surface area (Å²) in [6, 6.07) is 8.06. The van der Waals surface area contributed by atoms with Crippen LogP contribution in [0.15, 0.2) is 42.7 Å². The molecular formula is C22H23F3N6O2. The lowest BCUT2D eigenvalue weighted by molar-refractivity contribution is -0.140. The molecule has 0 saturated heterocycles. The van der Waals surface area contributed by atoms with Crippen molar-refractivity contribution in [2.45, 2.75) is 50.9 Å². The SMILES string of the molecule is CC(=O)Nc1cc(C(=O)N[C@H]2CC[C@@H](Nc3cccc4nc(C(F)(F)F)cn34)CC2)ccn1. The summed E-state index contributed by atoms with van der Waals surface area (Å²) in [6.45, 7) is 1.36. The van der Waals surface area contributed by atoms with Gasteiger partial charge in [-0.15, -0.1) is 0 Å². The maximum Gasteiger partial charge on any atom is 0.434 e. The van der Waals surface area contributed by atoms with E-state index in [-0.39, 0.29) is 29.5 Å². The molecule has 0 unspecified atom stereocenters. The van der Waals surface area contributed by atoms with Gasteiger partial charge in [-0.25, -0.2) is 9.97 Å². The highest BCUT2D eigenvalue weighted by atomic mass is 19.4. The number of alkyl halides is 3. The van der Waals surface area contributed by atoms with Crippen LogP contribution in [0.25, 0.3) is 5.65 Å². The van der Waals surface area contributed by atoms with Crippen molar-refractivity contribution in [3.63, 3.8) is 0 Å². The number of nitrogens with zero attached hydrogens (tertiary/aromatic N) is 3. The summed E-state index contributed by atoms with van der Waals surface area (Å²) in [5, 5.41) is 8.86. The summed E-state index contributed by atoms with van der Waals surface area (Å²) >= 11 is 0. The van der Waals surface area contributed by atoms with Gasteiger partial charge in [0.2, 0.25) is 5.91 Å². The third-order valence-electron chi connectivity index (χ3n) is 5.52. The van der Waals surface area contributed by atoms with Gasteiger partial charge in [-0.1, -0.05) is 6.07 Å². The van der Waals surface area contributed by atoms with Gasteiger partial charge in [0.15, 0.2) is 5.69 Å². The number of hydrogen-bond donors (Lipinski definition) is 3. The second kappa shape index (κ2) is 9.08. The predicted molar refractivity (Wildman–Crippen MR) is 116 cm³/mol. The Balaban J connectivity index is 1.35. The molecule has 1 aliphatic rings. The number of amides is 2. The molecule has 33 heavy (non-hydrogen) atoms. The first-order valence-corrected chi connectivity index (χ1v) is 10.6. The average molecular weight is 460 g/mol. The minimum atomic E-state index is -4.50. The number of nitrogens with one attached hydrogen (secondary N) is 3. The van der Waals surface area contributed by atoms with Crippen LogP contribution in [-0.4, -0.2) is 38.3 Å². The highest BCUT2D eigenvalue weighted by Crippen LogP contribution is 2.30.